The van der Waals surface area contributed by atoms with Crippen molar-refractivity contribution in [2.75, 3.05) is 6.54 Å². The number of aromatic nitrogens is 2. The first-order chi connectivity index (χ1) is 22.5. The number of carbonyl (C=O) groups excluding carboxylic acids is 5. The highest BCUT2D eigenvalue weighted by molar-refractivity contribution is 7.91. The van der Waals surface area contributed by atoms with E-state index in [2.05, 4.69) is 20.5 Å². The molecule has 4 amide bonds. The van der Waals surface area contributed by atoms with E-state index in [0.29, 0.717) is 31.4 Å². The summed E-state index contributed by atoms with van der Waals surface area (Å²) in [5.74, 6) is -3.22. The fraction of sp³-hybridized carbons (Fsp3) is 0.688. The van der Waals surface area contributed by atoms with Gasteiger partial charge in [-0.05, 0) is 72.3 Å². The van der Waals surface area contributed by atoms with Crippen molar-refractivity contribution in [2.45, 2.75) is 120 Å². The summed E-state index contributed by atoms with van der Waals surface area (Å²) in [5.41, 5.74) is -1.55. The minimum Gasteiger partial charge on any atom is -0.456 e. The van der Waals surface area contributed by atoms with Gasteiger partial charge in [0.2, 0.25) is 21.8 Å². The van der Waals surface area contributed by atoms with Gasteiger partial charge in [0.25, 0.3) is 5.91 Å². The molecule has 2 aliphatic heterocycles. The Morgan fingerprint density at radius 3 is 2.48 bits per heavy atom. The summed E-state index contributed by atoms with van der Waals surface area (Å²) in [6.45, 7) is 6.69. The van der Waals surface area contributed by atoms with Gasteiger partial charge in [0.15, 0.2) is 0 Å². The molecule has 1 aromatic heterocycles. The van der Waals surface area contributed by atoms with Crippen LogP contribution in [0.15, 0.2) is 18.2 Å². The van der Waals surface area contributed by atoms with Gasteiger partial charge in [-0.2, -0.15) is 5.10 Å². The van der Waals surface area contributed by atoms with E-state index in [1.165, 1.54) is 9.58 Å². The van der Waals surface area contributed by atoms with Crippen molar-refractivity contribution in [2.24, 2.45) is 13.0 Å². The van der Waals surface area contributed by atoms with E-state index >= 15 is 0 Å². The molecular formula is C32H46N6O9S. The zero-order valence-electron chi connectivity index (χ0n) is 28.1. The summed E-state index contributed by atoms with van der Waals surface area (Å²) in [7, 11) is -2.30. The number of carbonyl (C=O) groups is 5. The van der Waals surface area contributed by atoms with Crippen molar-refractivity contribution in [3.63, 3.8) is 0 Å². The van der Waals surface area contributed by atoms with E-state index in [0.717, 1.165) is 12.8 Å². The molecule has 48 heavy (non-hydrogen) atoms. The van der Waals surface area contributed by atoms with Gasteiger partial charge in [0.05, 0.1) is 17.5 Å². The smallest absolute Gasteiger partial charge is 0.408 e. The topological polar surface area (TPSA) is 195 Å². The van der Waals surface area contributed by atoms with Crippen LogP contribution in [-0.4, -0.2) is 94.0 Å². The van der Waals surface area contributed by atoms with E-state index < -0.39 is 80.3 Å². The summed E-state index contributed by atoms with van der Waals surface area (Å²) >= 11 is 0. The fourth-order valence-electron chi connectivity index (χ4n) is 6.31. The molecule has 3 fully saturated rings. The Kier molecular flexibility index (Phi) is 9.96. The number of fused-ring (bicyclic) bond motifs is 2. The predicted octanol–water partition coefficient (Wildman–Crippen LogP) is 1.75. The molecule has 3 unspecified atom stereocenters. The van der Waals surface area contributed by atoms with E-state index in [9.17, 15) is 32.4 Å². The first-order valence-corrected chi connectivity index (χ1v) is 18.1. The first-order valence-electron chi connectivity index (χ1n) is 16.6. The number of amides is 4. The number of hydrogen-bond donors (Lipinski definition) is 3. The molecule has 0 aromatic carbocycles. The summed E-state index contributed by atoms with van der Waals surface area (Å²) in [4.78, 5) is 69.0. The third kappa shape index (κ3) is 8.18. The maximum absolute atomic E-state index is 14.2. The van der Waals surface area contributed by atoms with E-state index in [1.807, 2.05) is 12.2 Å². The molecule has 0 radical (unpaired) electrons. The van der Waals surface area contributed by atoms with Crippen LogP contribution in [0, 0.1) is 12.8 Å². The maximum Gasteiger partial charge on any atom is 0.408 e. The van der Waals surface area contributed by atoms with Gasteiger partial charge in [-0.3, -0.25) is 23.8 Å². The second-order valence-electron chi connectivity index (χ2n) is 14.3. The first kappa shape index (κ1) is 35.4. The van der Waals surface area contributed by atoms with Crippen LogP contribution in [-0.2, 0) is 40.9 Å². The quantitative estimate of drug-likeness (QED) is 0.292. The molecule has 5 atom stereocenters. The Labute approximate surface area is 280 Å². The molecule has 1 saturated heterocycles. The molecule has 0 spiro atoms. The van der Waals surface area contributed by atoms with Gasteiger partial charge in [0.1, 0.15) is 35.0 Å². The second-order valence-corrected chi connectivity index (χ2v) is 16.2. The highest BCUT2D eigenvalue weighted by atomic mass is 32.2. The van der Waals surface area contributed by atoms with Gasteiger partial charge in [-0.25, -0.2) is 18.0 Å². The summed E-state index contributed by atoms with van der Waals surface area (Å²) in [6.07, 6.45) is 6.14. The number of aryl methyl sites for hydroxylation is 2. The lowest BCUT2D eigenvalue weighted by atomic mass is 10.0. The second kappa shape index (κ2) is 13.5. The third-order valence-electron chi connectivity index (χ3n) is 9.02. The predicted molar refractivity (Wildman–Crippen MR) is 172 cm³/mol. The number of ether oxygens (including phenoxy) is 2. The van der Waals surface area contributed by atoms with Crippen LogP contribution in [0.25, 0.3) is 0 Å². The van der Waals surface area contributed by atoms with Crippen LogP contribution in [0.1, 0.15) is 94.7 Å². The molecule has 2 aliphatic carbocycles. The highest BCUT2D eigenvalue weighted by Crippen LogP contribution is 2.46. The number of sulfonamides is 1. The minimum absolute atomic E-state index is 0.0854. The molecular weight excluding hydrogens is 644 g/mol. The third-order valence-corrected chi connectivity index (χ3v) is 10.8. The van der Waals surface area contributed by atoms with Gasteiger partial charge in [-0.15, -0.1) is 0 Å². The maximum atomic E-state index is 14.2. The molecule has 4 aliphatic rings. The molecule has 264 valence electrons. The fourth-order valence-corrected chi connectivity index (χ4v) is 7.67. The lowest BCUT2D eigenvalue weighted by molar-refractivity contribution is -0.141. The SMILES string of the molecule is Cc1cc(C(=O)O[C@@H]2CC3C(=O)NC4(C(=O)NS(=O)(=O)C5CC5)CC4/C=C\CCCCC[C@@H](NC(=O)OC(C)(C)C)C(=O)N3C2)n(C)n1. The zero-order valence-corrected chi connectivity index (χ0v) is 28.9. The number of nitrogens with zero attached hydrogens (tertiary/aromatic N) is 3. The average Bonchev–Trinajstić information content (AvgIpc) is 3.88. The molecule has 2 saturated carbocycles. The Balaban J connectivity index is 1.43. The lowest BCUT2D eigenvalue weighted by Crippen LogP contribution is -2.58. The van der Waals surface area contributed by atoms with Crippen LogP contribution in [0.4, 0.5) is 4.79 Å². The van der Waals surface area contributed by atoms with Crippen LogP contribution in [0.5, 0.6) is 0 Å². The lowest BCUT2D eigenvalue weighted by Gasteiger charge is -2.30. The largest absolute Gasteiger partial charge is 0.456 e. The van der Waals surface area contributed by atoms with Gasteiger partial charge in [0, 0.05) is 19.4 Å². The molecule has 1 aromatic rings. The Morgan fingerprint density at radius 2 is 1.83 bits per heavy atom. The van der Waals surface area contributed by atoms with E-state index in [4.69, 9.17) is 9.47 Å². The van der Waals surface area contributed by atoms with Crippen LogP contribution in [0.3, 0.4) is 0 Å². The van der Waals surface area contributed by atoms with Crippen LogP contribution in [0.2, 0.25) is 0 Å². The van der Waals surface area contributed by atoms with Crippen molar-refractivity contribution in [1.29, 1.82) is 0 Å². The van der Waals surface area contributed by atoms with Gasteiger partial charge < -0.3 is 25.0 Å². The van der Waals surface area contributed by atoms with Crippen molar-refractivity contribution in [3.05, 3.63) is 29.6 Å². The van der Waals surface area contributed by atoms with Gasteiger partial charge in [-0.1, -0.05) is 25.0 Å². The standard InChI is InChI=1S/C32H46N6O9S/c1-19-15-25(37(5)35-19)28(41)46-21-16-24-26(39)34-32(29(42)36-48(44,45)22-13-14-22)17-20(32)11-9-7-6-8-10-12-23(27(40)38(24)18-21)33-30(43)47-31(2,3)4/h9,11,15,20-24H,6-8,10,12-14,16-18H2,1-5H3,(H,33,43)(H,34,39)(H,36,42)/b11-9-/t20?,21-,23-,24?,32?/m1/s1. The number of allylic oxidation sites excluding steroid dienone is 1. The minimum atomic E-state index is -3.90. The average molecular weight is 691 g/mol. The number of hydrogen-bond acceptors (Lipinski definition) is 10. The number of esters is 1. The number of alkyl carbamates (subject to hydrolysis) is 1. The Morgan fingerprint density at radius 1 is 1.10 bits per heavy atom. The van der Waals surface area contributed by atoms with Crippen molar-refractivity contribution in [1.82, 2.24) is 30.0 Å². The summed E-state index contributed by atoms with van der Waals surface area (Å²) in [6, 6.07) is -0.667. The Hall–Kier alpha value is -3.95. The van der Waals surface area contributed by atoms with E-state index in [-0.39, 0.29) is 31.5 Å². The van der Waals surface area contributed by atoms with E-state index in [1.54, 1.807) is 40.8 Å². The molecule has 3 heterocycles. The van der Waals surface area contributed by atoms with Crippen LogP contribution < -0.4 is 15.4 Å². The highest BCUT2D eigenvalue weighted by Gasteiger charge is 2.62. The zero-order chi connectivity index (χ0) is 35.0. The normalized spacial score (nSPS) is 28.9. The molecule has 3 N–H and O–H groups in total. The van der Waals surface area contributed by atoms with Crippen molar-refractivity contribution in [3.8, 4) is 0 Å². The van der Waals surface area contributed by atoms with Crippen molar-refractivity contribution < 1.29 is 41.9 Å². The summed E-state index contributed by atoms with van der Waals surface area (Å²) in [5, 5.41) is 9.00. The Bertz CT molecular complexity index is 1590. The number of nitrogens with one attached hydrogen (secondary N) is 3. The summed E-state index contributed by atoms with van der Waals surface area (Å²) < 4.78 is 40.1. The number of rotatable bonds is 6. The monoisotopic (exact) mass is 690 g/mol. The molecule has 16 heteroatoms. The molecule has 15 nitrogen and oxygen atoms in total. The van der Waals surface area contributed by atoms with Crippen molar-refractivity contribution >= 4 is 39.8 Å². The van der Waals surface area contributed by atoms with Crippen LogP contribution >= 0.6 is 0 Å². The molecule has 0 bridgehead atoms. The van der Waals surface area contributed by atoms with Gasteiger partial charge >= 0.3 is 12.1 Å². The molecule has 5 rings (SSSR count).